The van der Waals surface area contributed by atoms with Gasteiger partial charge in [-0.1, -0.05) is 25.0 Å². The van der Waals surface area contributed by atoms with E-state index in [-0.39, 0.29) is 5.82 Å². The average Bonchev–Trinajstić information content (AvgIpc) is 2.35. The quantitative estimate of drug-likeness (QED) is 0.903. The standard InChI is InChI=1S/C14H16FN3/c1-3-4-10-13(17-8-18-14(10)16)11-7-9(2)5-6-12(11)15/h5-8H,3-4H2,1-2H3,(H2,16,17,18). The van der Waals surface area contributed by atoms with E-state index in [9.17, 15) is 4.39 Å². The lowest BCUT2D eigenvalue weighted by molar-refractivity contribution is 0.630. The van der Waals surface area contributed by atoms with Crippen molar-refractivity contribution in [2.75, 3.05) is 5.73 Å². The van der Waals surface area contributed by atoms with Gasteiger partial charge in [0, 0.05) is 11.1 Å². The third-order valence-electron chi connectivity index (χ3n) is 2.86. The Labute approximate surface area is 106 Å². The Morgan fingerprint density at radius 1 is 1.28 bits per heavy atom. The Hall–Kier alpha value is -1.97. The van der Waals surface area contributed by atoms with Crippen molar-refractivity contribution in [1.82, 2.24) is 9.97 Å². The fourth-order valence-corrected chi connectivity index (χ4v) is 1.98. The minimum absolute atomic E-state index is 0.281. The van der Waals surface area contributed by atoms with Crippen LogP contribution in [-0.4, -0.2) is 9.97 Å². The Bertz CT molecular complexity index is 567. The minimum Gasteiger partial charge on any atom is -0.383 e. The van der Waals surface area contributed by atoms with Crippen molar-refractivity contribution in [2.45, 2.75) is 26.7 Å². The molecule has 2 aromatic rings. The number of rotatable bonds is 3. The van der Waals surface area contributed by atoms with E-state index in [1.807, 2.05) is 13.8 Å². The van der Waals surface area contributed by atoms with Crippen LogP contribution in [0.5, 0.6) is 0 Å². The Morgan fingerprint density at radius 2 is 2.06 bits per heavy atom. The third kappa shape index (κ3) is 2.32. The Morgan fingerprint density at radius 3 is 2.78 bits per heavy atom. The molecule has 0 radical (unpaired) electrons. The molecule has 0 spiro atoms. The number of nitrogen functional groups attached to an aromatic ring is 1. The first kappa shape index (κ1) is 12.5. The number of anilines is 1. The molecule has 0 aliphatic heterocycles. The highest BCUT2D eigenvalue weighted by molar-refractivity contribution is 5.68. The van der Waals surface area contributed by atoms with Gasteiger partial charge in [0.25, 0.3) is 0 Å². The zero-order valence-electron chi connectivity index (χ0n) is 10.6. The molecule has 3 nitrogen and oxygen atoms in total. The predicted octanol–water partition coefficient (Wildman–Crippen LogP) is 3.13. The van der Waals surface area contributed by atoms with Crippen LogP contribution >= 0.6 is 0 Å². The Kier molecular flexibility index (Phi) is 3.55. The lowest BCUT2D eigenvalue weighted by Gasteiger charge is -2.11. The molecule has 4 heteroatoms. The van der Waals surface area contributed by atoms with Crippen LogP contribution < -0.4 is 5.73 Å². The normalized spacial score (nSPS) is 10.6. The maximum Gasteiger partial charge on any atom is 0.132 e. The number of aryl methyl sites for hydroxylation is 1. The van der Waals surface area contributed by atoms with Gasteiger partial charge >= 0.3 is 0 Å². The van der Waals surface area contributed by atoms with E-state index in [0.717, 1.165) is 24.0 Å². The number of halogens is 1. The van der Waals surface area contributed by atoms with Gasteiger partial charge in [-0.2, -0.15) is 0 Å². The van der Waals surface area contributed by atoms with Crippen molar-refractivity contribution in [3.63, 3.8) is 0 Å². The van der Waals surface area contributed by atoms with Gasteiger partial charge in [-0.05, 0) is 25.5 Å². The lowest BCUT2D eigenvalue weighted by atomic mass is 10.0. The number of hydrogen-bond acceptors (Lipinski definition) is 3. The van der Waals surface area contributed by atoms with E-state index < -0.39 is 0 Å². The van der Waals surface area contributed by atoms with Crippen LogP contribution in [0.15, 0.2) is 24.5 Å². The smallest absolute Gasteiger partial charge is 0.132 e. The maximum absolute atomic E-state index is 13.9. The van der Waals surface area contributed by atoms with Crippen LogP contribution in [0.4, 0.5) is 10.2 Å². The predicted molar refractivity (Wildman–Crippen MR) is 70.6 cm³/mol. The highest BCUT2D eigenvalue weighted by Crippen LogP contribution is 2.28. The first-order valence-electron chi connectivity index (χ1n) is 5.99. The van der Waals surface area contributed by atoms with Gasteiger partial charge in [0.05, 0.1) is 5.69 Å². The first-order valence-corrected chi connectivity index (χ1v) is 5.99. The summed E-state index contributed by atoms with van der Waals surface area (Å²) < 4.78 is 13.9. The van der Waals surface area contributed by atoms with Crippen molar-refractivity contribution in [1.29, 1.82) is 0 Å². The summed E-state index contributed by atoms with van der Waals surface area (Å²) in [5.41, 5.74) is 8.77. The van der Waals surface area contributed by atoms with Gasteiger partial charge in [0.15, 0.2) is 0 Å². The number of nitrogens with zero attached hydrogens (tertiary/aromatic N) is 2. The maximum atomic E-state index is 13.9. The number of nitrogens with two attached hydrogens (primary N) is 1. The largest absolute Gasteiger partial charge is 0.383 e. The number of aromatic nitrogens is 2. The summed E-state index contributed by atoms with van der Waals surface area (Å²) in [6.07, 6.45) is 3.04. The van der Waals surface area contributed by atoms with Gasteiger partial charge < -0.3 is 5.73 Å². The fraction of sp³-hybridized carbons (Fsp3) is 0.286. The van der Waals surface area contributed by atoms with Crippen molar-refractivity contribution in [3.8, 4) is 11.3 Å². The highest BCUT2D eigenvalue weighted by Gasteiger charge is 2.14. The van der Waals surface area contributed by atoms with Gasteiger partial charge in [-0.3, -0.25) is 0 Å². The lowest BCUT2D eigenvalue weighted by Crippen LogP contribution is -2.03. The number of benzene rings is 1. The molecule has 1 aromatic heterocycles. The van der Waals surface area contributed by atoms with Gasteiger partial charge in [0.1, 0.15) is 18.0 Å². The molecule has 0 saturated heterocycles. The van der Waals surface area contributed by atoms with Gasteiger partial charge in [0.2, 0.25) is 0 Å². The SMILES string of the molecule is CCCc1c(N)ncnc1-c1cc(C)ccc1F. The Balaban J connectivity index is 2.63. The highest BCUT2D eigenvalue weighted by atomic mass is 19.1. The van der Waals surface area contributed by atoms with E-state index in [4.69, 9.17) is 5.73 Å². The van der Waals surface area contributed by atoms with E-state index in [1.54, 1.807) is 12.1 Å². The molecule has 0 amide bonds. The molecule has 0 aliphatic carbocycles. The first-order chi connectivity index (χ1) is 8.63. The molecule has 0 fully saturated rings. The summed E-state index contributed by atoms with van der Waals surface area (Å²) in [6.45, 7) is 3.97. The molecule has 0 bridgehead atoms. The molecule has 0 saturated carbocycles. The zero-order valence-corrected chi connectivity index (χ0v) is 10.6. The van der Waals surface area contributed by atoms with Crippen LogP contribution in [-0.2, 0) is 6.42 Å². The second-order valence-corrected chi connectivity index (χ2v) is 4.32. The van der Waals surface area contributed by atoms with E-state index in [2.05, 4.69) is 9.97 Å². The summed E-state index contributed by atoms with van der Waals surface area (Å²) in [7, 11) is 0. The van der Waals surface area contributed by atoms with Gasteiger partial charge in [-0.25, -0.2) is 14.4 Å². The van der Waals surface area contributed by atoms with Crippen molar-refractivity contribution in [3.05, 3.63) is 41.5 Å². The monoisotopic (exact) mass is 245 g/mol. The van der Waals surface area contributed by atoms with Crippen molar-refractivity contribution < 1.29 is 4.39 Å². The molecular formula is C14H16FN3. The molecule has 0 atom stereocenters. The molecule has 1 aromatic carbocycles. The molecule has 2 N–H and O–H groups in total. The summed E-state index contributed by atoms with van der Waals surface area (Å²) in [5, 5.41) is 0. The fourth-order valence-electron chi connectivity index (χ4n) is 1.98. The van der Waals surface area contributed by atoms with Crippen molar-refractivity contribution >= 4 is 5.82 Å². The summed E-state index contributed by atoms with van der Waals surface area (Å²) in [4.78, 5) is 8.18. The molecule has 0 aliphatic rings. The van der Waals surface area contributed by atoms with E-state index in [0.29, 0.717) is 17.1 Å². The van der Waals surface area contributed by atoms with E-state index in [1.165, 1.54) is 12.4 Å². The van der Waals surface area contributed by atoms with Crippen LogP contribution in [0.1, 0.15) is 24.5 Å². The van der Waals surface area contributed by atoms with Crippen LogP contribution in [0.2, 0.25) is 0 Å². The summed E-state index contributed by atoms with van der Waals surface area (Å²) in [6, 6.07) is 4.98. The average molecular weight is 245 g/mol. The number of hydrogen-bond donors (Lipinski definition) is 1. The summed E-state index contributed by atoms with van der Waals surface area (Å²) in [5.74, 6) is 0.152. The molecule has 2 rings (SSSR count). The second-order valence-electron chi connectivity index (χ2n) is 4.32. The van der Waals surface area contributed by atoms with Crippen LogP contribution in [0.25, 0.3) is 11.3 Å². The second kappa shape index (κ2) is 5.12. The summed E-state index contributed by atoms with van der Waals surface area (Å²) >= 11 is 0. The van der Waals surface area contributed by atoms with Crippen LogP contribution in [0.3, 0.4) is 0 Å². The zero-order chi connectivity index (χ0) is 13.1. The minimum atomic E-state index is -0.281. The molecule has 18 heavy (non-hydrogen) atoms. The van der Waals surface area contributed by atoms with E-state index >= 15 is 0 Å². The topological polar surface area (TPSA) is 51.8 Å². The molecule has 0 unspecified atom stereocenters. The molecule has 1 heterocycles. The van der Waals surface area contributed by atoms with Gasteiger partial charge in [-0.15, -0.1) is 0 Å². The third-order valence-corrected chi connectivity index (χ3v) is 2.86. The molecular weight excluding hydrogens is 229 g/mol. The van der Waals surface area contributed by atoms with Crippen LogP contribution in [0, 0.1) is 12.7 Å². The van der Waals surface area contributed by atoms with Crippen molar-refractivity contribution in [2.24, 2.45) is 0 Å². The molecule has 94 valence electrons.